The van der Waals surface area contributed by atoms with Crippen LogP contribution in [0.3, 0.4) is 0 Å². The van der Waals surface area contributed by atoms with Gasteiger partial charge in [0.2, 0.25) is 11.8 Å². The van der Waals surface area contributed by atoms with Gasteiger partial charge in [0.05, 0.1) is 18.9 Å². The molecule has 2 amide bonds. The predicted molar refractivity (Wildman–Crippen MR) is 105 cm³/mol. The normalized spacial score (nSPS) is 11.4. The molecule has 0 radical (unpaired) electrons. The summed E-state index contributed by atoms with van der Waals surface area (Å²) in [6, 6.07) is 11.5. The Kier molecular flexibility index (Phi) is 6.47. The average molecular weight is 395 g/mol. The highest BCUT2D eigenvalue weighted by atomic mass is 16.5. The van der Waals surface area contributed by atoms with Gasteiger partial charge < -0.3 is 24.5 Å². The van der Waals surface area contributed by atoms with Crippen LogP contribution in [0.1, 0.15) is 22.8 Å². The minimum absolute atomic E-state index is 0.278. The summed E-state index contributed by atoms with van der Waals surface area (Å²) in [7, 11) is 1.60. The molecule has 0 saturated carbocycles. The Bertz CT molecular complexity index is 937. The summed E-state index contributed by atoms with van der Waals surface area (Å²) in [5.41, 5.74) is 1.16. The van der Waals surface area contributed by atoms with Crippen molar-refractivity contribution >= 4 is 11.8 Å². The quantitative estimate of drug-likeness (QED) is 0.608. The fourth-order valence-electron chi connectivity index (χ4n) is 2.42. The van der Waals surface area contributed by atoms with Crippen molar-refractivity contribution in [3.63, 3.8) is 0 Å². The van der Waals surface area contributed by atoms with Crippen molar-refractivity contribution in [3.05, 3.63) is 72.3 Å². The number of hydrogen-bond donors (Lipinski definition) is 2. The fourth-order valence-corrected chi connectivity index (χ4v) is 2.42. The Balaban J connectivity index is 1.47. The van der Waals surface area contributed by atoms with Crippen LogP contribution in [0.15, 0.2) is 65.6 Å². The van der Waals surface area contributed by atoms with E-state index in [9.17, 15) is 9.59 Å². The number of benzene rings is 1. The lowest BCUT2D eigenvalue weighted by atomic mass is 10.2. The fraction of sp³-hybridized carbons (Fsp3) is 0.190. The van der Waals surface area contributed by atoms with Crippen LogP contribution in [-0.4, -0.2) is 29.9 Å². The summed E-state index contributed by atoms with van der Waals surface area (Å²) in [5.74, 6) is 1.14. The molecular weight excluding hydrogens is 374 g/mol. The van der Waals surface area contributed by atoms with E-state index in [0.717, 1.165) is 11.3 Å². The molecule has 0 unspecified atom stereocenters. The number of amides is 2. The van der Waals surface area contributed by atoms with E-state index in [0.29, 0.717) is 17.2 Å². The minimum atomic E-state index is -0.692. The van der Waals surface area contributed by atoms with Crippen LogP contribution in [-0.2, 0) is 11.3 Å². The van der Waals surface area contributed by atoms with Gasteiger partial charge >= 0.3 is 0 Å². The summed E-state index contributed by atoms with van der Waals surface area (Å²) >= 11 is 0. The third kappa shape index (κ3) is 5.58. The number of pyridine rings is 1. The van der Waals surface area contributed by atoms with Crippen molar-refractivity contribution in [1.82, 2.24) is 15.6 Å². The minimum Gasteiger partial charge on any atom is -0.497 e. The van der Waals surface area contributed by atoms with Gasteiger partial charge in [0.15, 0.2) is 0 Å². The Morgan fingerprint density at radius 3 is 2.48 bits per heavy atom. The second-order valence-corrected chi connectivity index (χ2v) is 6.21. The van der Waals surface area contributed by atoms with Gasteiger partial charge in [-0.15, -0.1) is 0 Å². The highest BCUT2D eigenvalue weighted by Crippen LogP contribution is 2.22. The van der Waals surface area contributed by atoms with E-state index < -0.39 is 6.04 Å². The average Bonchev–Trinajstić information content (AvgIpc) is 3.28. The van der Waals surface area contributed by atoms with Crippen molar-refractivity contribution < 1.29 is 23.5 Å². The predicted octanol–water partition coefficient (Wildman–Crippen LogP) is 2.91. The number of hydrogen-bond acceptors (Lipinski definition) is 6. The Morgan fingerprint density at radius 2 is 1.86 bits per heavy atom. The topological polar surface area (TPSA) is 103 Å². The van der Waals surface area contributed by atoms with E-state index in [1.807, 2.05) is 0 Å². The van der Waals surface area contributed by atoms with Crippen molar-refractivity contribution in [3.8, 4) is 17.4 Å². The van der Waals surface area contributed by atoms with Crippen LogP contribution in [0.2, 0.25) is 0 Å². The van der Waals surface area contributed by atoms with Crippen LogP contribution in [0, 0.1) is 0 Å². The summed E-state index contributed by atoms with van der Waals surface area (Å²) < 4.78 is 15.6. The van der Waals surface area contributed by atoms with Crippen LogP contribution >= 0.6 is 0 Å². The molecule has 0 saturated heterocycles. The second-order valence-electron chi connectivity index (χ2n) is 6.21. The maximum Gasteiger partial charge on any atom is 0.255 e. The van der Waals surface area contributed by atoms with Crippen LogP contribution in [0.5, 0.6) is 17.4 Å². The second kappa shape index (κ2) is 9.41. The molecule has 0 aliphatic rings. The number of methoxy groups -OCH3 is 1. The molecule has 3 rings (SSSR count). The van der Waals surface area contributed by atoms with Crippen LogP contribution < -0.4 is 20.1 Å². The molecule has 8 nitrogen and oxygen atoms in total. The van der Waals surface area contributed by atoms with Crippen molar-refractivity contribution in [1.29, 1.82) is 0 Å². The third-order valence-electron chi connectivity index (χ3n) is 4.07. The maximum atomic E-state index is 12.2. The summed E-state index contributed by atoms with van der Waals surface area (Å²) in [6.45, 7) is 1.89. The first-order valence-electron chi connectivity index (χ1n) is 8.93. The van der Waals surface area contributed by atoms with Gasteiger partial charge in [-0.3, -0.25) is 9.59 Å². The van der Waals surface area contributed by atoms with Gasteiger partial charge in [-0.2, -0.15) is 0 Å². The zero-order valence-corrected chi connectivity index (χ0v) is 16.0. The smallest absolute Gasteiger partial charge is 0.255 e. The molecule has 1 atom stereocenters. The van der Waals surface area contributed by atoms with E-state index in [-0.39, 0.29) is 18.4 Å². The molecular formula is C21H21N3O5. The van der Waals surface area contributed by atoms with Gasteiger partial charge in [0.25, 0.3) is 5.91 Å². The Hall–Kier alpha value is -3.81. The number of carbonyl (C=O) groups excluding carboxylic acids is 2. The van der Waals surface area contributed by atoms with E-state index in [1.54, 1.807) is 56.6 Å². The summed E-state index contributed by atoms with van der Waals surface area (Å²) in [6.07, 6.45) is 4.34. The SMILES string of the molecule is COc1ccc(Oc2ccc(CNC(=O)[C@@H](C)NC(=O)c3ccoc3)cn2)cc1. The van der Waals surface area contributed by atoms with Gasteiger partial charge in [0.1, 0.15) is 23.8 Å². The molecule has 0 aliphatic carbocycles. The maximum absolute atomic E-state index is 12.2. The van der Waals surface area contributed by atoms with Crippen molar-refractivity contribution in [2.75, 3.05) is 7.11 Å². The van der Waals surface area contributed by atoms with Gasteiger partial charge in [-0.25, -0.2) is 4.98 Å². The van der Waals surface area contributed by atoms with Gasteiger partial charge in [-0.05, 0) is 42.8 Å². The number of nitrogens with zero attached hydrogens (tertiary/aromatic N) is 1. The molecule has 150 valence electrons. The molecule has 0 fully saturated rings. The zero-order valence-electron chi connectivity index (χ0n) is 16.0. The number of furan rings is 1. The standard InChI is InChI=1S/C21H21N3O5/c1-14(24-21(26)16-9-10-28-13-16)20(25)23-12-15-3-8-19(22-11-15)29-18-6-4-17(27-2)5-7-18/h3-11,13-14H,12H2,1-2H3,(H,23,25)(H,24,26)/t14-/m1/s1. The molecule has 0 aliphatic heterocycles. The number of rotatable bonds is 8. The number of carbonyl (C=O) groups is 2. The first kappa shape index (κ1) is 19.9. The first-order valence-corrected chi connectivity index (χ1v) is 8.93. The highest BCUT2D eigenvalue weighted by Gasteiger charge is 2.17. The van der Waals surface area contributed by atoms with Crippen molar-refractivity contribution in [2.45, 2.75) is 19.5 Å². The number of ether oxygens (including phenoxy) is 2. The van der Waals surface area contributed by atoms with Gasteiger partial charge in [-0.1, -0.05) is 6.07 Å². The van der Waals surface area contributed by atoms with Crippen molar-refractivity contribution in [2.24, 2.45) is 0 Å². The van der Waals surface area contributed by atoms with E-state index in [1.165, 1.54) is 18.6 Å². The molecule has 1 aromatic carbocycles. The Labute approximate surface area is 167 Å². The number of aromatic nitrogens is 1. The molecule has 2 heterocycles. The lowest BCUT2D eigenvalue weighted by Gasteiger charge is -2.13. The number of nitrogens with one attached hydrogen (secondary N) is 2. The Morgan fingerprint density at radius 1 is 1.10 bits per heavy atom. The summed E-state index contributed by atoms with van der Waals surface area (Å²) in [4.78, 5) is 28.4. The molecule has 8 heteroatoms. The third-order valence-corrected chi connectivity index (χ3v) is 4.07. The van der Waals surface area contributed by atoms with E-state index >= 15 is 0 Å². The lowest BCUT2D eigenvalue weighted by molar-refractivity contribution is -0.122. The molecule has 0 spiro atoms. The van der Waals surface area contributed by atoms with E-state index in [2.05, 4.69) is 15.6 Å². The van der Waals surface area contributed by atoms with Crippen LogP contribution in [0.25, 0.3) is 0 Å². The molecule has 29 heavy (non-hydrogen) atoms. The first-order chi connectivity index (χ1) is 14.0. The molecule has 3 aromatic rings. The largest absolute Gasteiger partial charge is 0.497 e. The lowest BCUT2D eigenvalue weighted by Crippen LogP contribution is -2.44. The highest BCUT2D eigenvalue weighted by molar-refractivity contribution is 5.97. The monoisotopic (exact) mass is 395 g/mol. The molecule has 2 aromatic heterocycles. The van der Waals surface area contributed by atoms with Gasteiger partial charge in [0, 0.05) is 18.8 Å². The molecule has 0 bridgehead atoms. The molecule has 2 N–H and O–H groups in total. The zero-order chi connectivity index (χ0) is 20.6. The summed E-state index contributed by atoms with van der Waals surface area (Å²) in [5, 5.41) is 5.37. The van der Waals surface area contributed by atoms with E-state index in [4.69, 9.17) is 13.9 Å². The van der Waals surface area contributed by atoms with Crippen LogP contribution in [0.4, 0.5) is 0 Å².